The number of carbonyl (C=O) groups is 1. The monoisotopic (exact) mass is 257 g/mol. The van der Waals surface area contributed by atoms with E-state index < -0.39 is 0 Å². The van der Waals surface area contributed by atoms with Crippen LogP contribution < -0.4 is 5.32 Å². The number of ketones is 1. The fourth-order valence-corrected chi connectivity index (χ4v) is 1.66. The highest BCUT2D eigenvalue weighted by Crippen LogP contribution is 2.25. The minimum atomic E-state index is 0.0750. The van der Waals surface area contributed by atoms with Crippen molar-refractivity contribution in [2.45, 2.75) is 6.42 Å². The van der Waals surface area contributed by atoms with E-state index in [9.17, 15) is 4.79 Å². The third-order valence-corrected chi connectivity index (χ3v) is 2.89. The fraction of sp³-hybridized carbons (Fsp3) is 0.250. The topological polar surface area (TPSA) is 29.1 Å². The molecule has 1 aromatic rings. The first-order valence-corrected chi connectivity index (χ1v) is 5.67. The Morgan fingerprint density at radius 1 is 1.44 bits per heavy atom. The van der Waals surface area contributed by atoms with Crippen LogP contribution in [-0.4, -0.2) is 18.9 Å². The van der Waals surface area contributed by atoms with Crippen LogP contribution in [0.5, 0.6) is 0 Å². The van der Waals surface area contributed by atoms with Crippen molar-refractivity contribution in [1.82, 2.24) is 5.32 Å². The molecule has 0 aromatic heterocycles. The maximum absolute atomic E-state index is 11.6. The average Bonchev–Trinajstić information content (AvgIpc) is 2.25. The molecule has 86 valence electrons. The molecule has 1 N–H and O–H groups in total. The van der Waals surface area contributed by atoms with Crippen molar-refractivity contribution in [3.8, 4) is 0 Å². The molecule has 0 fully saturated rings. The Kier molecular flexibility index (Phi) is 5.53. The summed E-state index contributed by atoms with van der Waals surface area (Å²) < 4.78 is 0. The molecule has 0 unspecified atom stereocenters. The van der Waals surface area contributed by atoms with Crippen LogP contribution >= 0.6 is 23.2 Å². The molecule has 4 heteroatoms. The van der Waals surface area contributed by atoms with Crippen molar-refractivity contribution in [3.63, 3.8) is 0 Å². The number of nitrogens with one attached hydrogen (secondary N) is 1. The molecule has 1 rings (SSSR count). The Balaban J connectivity index is 2.56. The van der Waals surface area contributed by atoms with Crippen molar-refractivity contribution < 1.29 is 4.79 Å². The molecular formula is C12H13Cl2NO. The van der Waals surface area contributed by atoms with Crippen LogP contribution in [0.15, 0.2) is 30.9 Å². The van der Waals surface area contributed by atoms with E-state index in [1.807, 2.05) is 0 Å². The summed E-state index contributed by atoms with van der Waals surface area (Å²) in [5, 5.41) is 3.88. The lowest BCUT2D eigenvalue weighted by Crippen LogP contribution is -2.24. The van der Waals surface area contributed by atoms with E-state index in [1.54, 1.807) is 24.3 Å². The number of carbonyl (C=O) groups excluding carboxylic acids is 1. The van der Waals surface area contributed by atoms with Gasteiger partial charge in [-0.05, 0) is 11.6 Å². The van der Waals surface area contributed by atoms with Gasteiger partial charge in [0.25, 0.3) is 0 Å². The molecule has 0 spiro atoms. The maximum Gasteiger partial charge on any atom is 0.151 e. The Hall–Kier alpha value is -0.830. The summed E-state index contributed by atoms with van der Waals surface area (Å²) in [5.74, 6) is 0.0750. The Bertz CT molecular complexity index is 391. The molecule has 16 heavy (non-hydrogen) atoms. The van der Waals surface area contributed by atoms with E-state index in [0.29, 0.717) is 29.6 Å². The normalized spacial score (nSPS) is 10.1. The number of hydrogen-bond acceptors (Lipinski definition) is 2. The predicted molar refractivity (Wildman–Crippen MR) is 68.2 cm³/mol. The van der Waals surface area contributed by atoms with Gasteiger partial charge in [0.1, 0.15) is 0 Å². The van der Waals surface area contributed by atoms with Gasteiger partial charge in [0.15, 0.2) is 5.78 Å². The zero-order chi connectivity index (χ0) is 12.0. The lowest BCUT2D eigenvalue weighted by atomic mass is 10.1. The predicted octanol–water partition coefficient (Wildman–Crippen LogP) is 2.88. The smallest absolute Gasteiger partial charge is 0.151 e. The molecule has 0 aliphatic carbocycles. The first-order chi connectivity index (χ1) is 7.65. The zero-order valence-corrected chi connectivity index (χ0v) is 10.3. The molecule has 0 aliphatic heterocycles. The molecule has 0 saturated carbocycles. The summed E-state index contributed by atoms with van der Waals surface area (Å²) in [5.41, 5.74) is 0.763. The third kappa shape index (κ3) is 3.97. The summed E-state index contributed by atoms with van der Waals surface area (Å²) in [4.78, 5) is 11.6. The van der Waals surface area contributed by atoms with Gasteiger partial charge in [0, 0.05) is 13.0 Å². The molecular weight excluding hydrogens is 245 g/mol. The highest BCUT2D eigenvalue weighted by molar-refractivity contribution is 6.42. The van der Waals surface area contributed by atoms with Crippen molar-refractivity contribution in [2.24, 2.45) is 0 Å². The number of rotatable bonds is 6. The molecule has 0 saturated heterocycles. The van der Waals surface area contributed by atoms with Crippen molar-refractivity contribution >= 4 is 29.0 Å². The number of halogens is 2. The molecule has 0 aliphatic rings. The van der Waals surface area contributed by atoms with E-state index in [2.05, 4.69) is 11.9 Å². The second kappa shape index (κ2) is 6.69. The highest BCUT2D eigenvalue weighted by Gasteiger charge is 2.08. The number of hydrogen-bond donors (Lipinski definition) is 1. The standard InChI is InChI=1S/C12H13Cl2NO/c1-2-6-15-8-10(16)7-9-4-3-5-11(13)12(9)14/h2-5,15H,1,6-8H2. The average molecular weight is 258 g/mol. The molecule has 0 bridgehead atoms. The number of Topliss-reactive ketones (excluding diaryl/α,β-unsaturated/α-hetero) is 1. The molecule has 2 nitrogen and oxygen atoms in total. The van der Waals surface area contributed by atoms with Gasteiger partial charge in [-0.15, -0.1) is 6.58 Å². The van der Waals surface area contributed by atoms with E-state index in [4.69, 9.17) is 23.2 Å². The second-order valence-electron chi connectivity index (χ2n) is 3.35. The van der Waals surface area contributed by atoms with E-state index in [1.165, 1.54) is 0 Å². The fourth-order valence-electron chi connectivity index (χ4n) is 1.27. The van der Waals surface area contributed by atoms with Crippen LogP contribution in [0.2, 0.25) is 10.0 Å². The summed E-state index contributed by atoms with van der Waals surface area (Å²) >= 11 is 11.8. The van der Waals surface area contributed by atoms with Gasteiger partial charge in [-0.2, -0.15) is 0 Å². The number of benzene rings is 1. The van der Waals surface area contributed by atoms with Gasteiger partial charge >= 0.3 is 0 Å². The van der Waals surface area contributed by atoms with E-state index in [-0.39, 0.29) is 5.78 Å². The lowest BCUT2D eigenvalue weighted by Gasteiger charge is -2.05. The van der Waals surface area contributed by atoms with Crippen LogP contribution in [0.1, 0.15) is 5.56 Å². The van der Waals surface area contributed by atoms with Crippen LogP contribution in [0, 0.1) is 0 Å². The van der Waals surface area contributed by atoms with Crippen molar-refractivity contribution in [2.75, 3.05) is 13.1 Å². The quantitative estimate of drug-likeness (QED) is 0.628. The largest absolute Gasteiger partial charge is 0.307 e. The molecule has 0 radical (unpaired) electrons. The van der Waals surface area contributed by atoms with E-state index >= 15 is 0 Å². The minimum absolute atomic E-state index is 0.0750. The Morgan fingerprint density at radius 3 is 2.88 bits per heavy atom. The molecule has 0 atom stereocenters. The summed E-state index contributed by atoms with van der Waals surface area (Å²) in [6.45, 7) is 4.49. The van der Waals surface area contributed by atoms with Gasteiger partial charge in [0.2, 0.25) is 0 Å². The minimum Gasteiger partial charge on any atom is -0.307 e. The van der Waals surface area contributed by atoms with Gasteiger partial charge in [0.05, 0.1) is 16.6 Å². The lowest BCUT2D eigenvalue weighted by molar-refractivity contribution is -0.117. The van der Waals surface area contributed by atoms with E-state index in [0.717, 1.165) is 5.56 Å². The Labute approximate surface area is 105 Å². The Morgan fingerprint density at radius 2 is 2.19 bits per heavy atom. The summed E-state index contributed by atoms with van der Waals surface area (Å²) in [6.07, 6.45) is 2.00. The highest BCUT2D eigenvalue weighted by atomic mass is 35.5. The van der Waals surface area contributed by atoms with Crippen molar-refractivity contribution in [1.29, 1.82) is 0 Å². The second-order valence-corrected chi connectivity index (χ2v) is 4.13. The van der Waals surface area contributed by atoms with Gasteiger partial charge in [-0.3, -0.25) is 4.79 Å². The van der Waals surface area contributed by atoms with Gasteiger partial charge in [-0.25, -0.2) is 0 Å². The van der Waals surface area contributed by atoms with Gasteiger partial charge in [-0.1, -0.05) is 41.4 Å². The van der Waals surface area contributed by atoms with Crippen molar-refractivity contribution in [3.05, 3.63) is 46.5 Å². The van der Waals surface area contributed by atoms with Gasteiger partial charge < -0.3 is 5.32 Å². The third-order valence-electron chi connectivity index (χ3n) is 2.03. The SMILES string of the molecule is C=CCNCC(=O)Cc1cccc(Cl)c1Cl. The first-order valence-electron chi connectivity index (χ1n) is 4.91. The van der Waals surface area contributed by atoms with Crippen LogP contribution in [0.3, 0.4) is 0 Å². The maximum atomic E-state index is 11.6. The molecule has 0 amide bonds. The summed E-state index contributed by atoms with van der Waals surface area (Å²) in [7, 11) is 0. The van der Waals surface area contributed by atoms with Crippen LogP contribution in [0.25, 0.3) is 0 Å². The molecule has 0 heterocycles. The summed E-state index contributed by atoms with van der Waals surface area (Å²) in [6, 6.07) is 5.29. The van der Waals surface area contributed by atoms with Crippen LogP contribution in [0.4, 0.5) is 0 Å². The first kappa shape index (κ1) is 13.2. The molecule has 1 aromatic carbocycles. The zero-order valence-electron chi connectivity index (χ0n) is 8.80. The van der Waals surface area contributed by atoms with Crippen LogP contribution in [-0.2, 0) is 11.2 Å².